The van der Waals surface area contributed by atoms with Gasteiger partial charge in [-0.25, -0.2) is 75.6 Å². The summed E-state index contributed by atoms with van der Waals surface area (Å²) >= 11 is 17.7. The van der Waals surface area contributed by atoms with Crippen LogP contribution in [0.15, 0.2) is 405 Å². The molecule has 28 nitrogen and oxygen atoms in total. The van der Waals surface area contributed by atoms with E-state index < -0.39 is 0 Å². The fourth-order valence-electron chi connectivity index (χ4n) is 12.2. The second-order valence-corrected chi connectivity index (χ2v) is 29.5. The number of nitrogen functional groups attached to an aromatic ring is 2. The summed E-state index contributed by atoms with van der Waals surface area (Å²) in [6, 6.07) is 115. The Morgan fingerprint density at radius 2 is 0.465 bits per heavy atom. The van der Waals surface area contributed by atoms with Crippen LogP contribution in [0.2, 0.25) is 0 Å². The first-order valence-electron chi connectivity index (χ1n) is 41.4. The fourth-order valence-corrected chi connectivity index (χ4v) is 12.8. The Kier molecular flexibility index (Phi) is 38.2. The highest BCUT2D eigenvalue weighted by Gasteiger charge is 2.20. The van der Waals surface area contributed by atoms with Gasteiger partial charge in [-0.05, 0) is 167 Å². The monoisotopic (exact) mass is 1920 g/mol. The molecule has 3 heterocycles. The number of halogens is 3. The van der Waals surface area contributed by atoms with Crippen LogP contribution in [0, 0.1) is 107 Å². The SMILES string of the molecule is Nc1ccccc1O.Nc1ccccc1O.[C-]#[N+]/C(C#N)=C(/Cl)c1ccccc1.[C-]#[N+]/C(C#N)=C(/Nc1ccccc1O)c1ccccc1.[C-]#[N+]/C(C#N)=C(\Cl)c1ccc(/C(Cl)=C(/C#N)[N+]#[C-])cc1.[C-]#[N+]/C(C#N)=C(\Nc1ccccc1O)c1ccc(/C(Nc2ccccc2O)=C(/C#N)[N+]#[C-])cc1.c1ccc(-c2nc3ccccc3o2)cc1.c1ccc2oc(-c3ccc(-c4nc5ccccc5o4)cc3)nc2c1. The maximum Gasteiger partial charge on any atom is 0.285 e. The number of fused-ring (bicyclic) bond motifs is 3. The van der Waals surface area contributed by atoms with Crippen molar-refractivity contribution in [3.8, 4) is 99.5 Å². The third-order valence-electron chi connectivity index (χ3n) is 19.2. The van der Waals surface area contributed by atoms with Crippen molar-refractivity contribution in [3.63, 3.8) is 0 Å². The molecule has 31 heteroatoms. The summed E-state index contributed by atoms with van der Waals surface area (Å²) in [5, 5.41) is 111. The second-order valence-electron chi connectivity index (χ2n) is 28.3. The minimum Gasteiger partial charge on any atom is -0.506 e. The molecule has 17 aromatic rings. The first-order chi connectivity index (χ1) is 69.1. The lowest BCUT2D eigenvalue weighted by Crippen LogP contribution is -2.04. The number of oxazole rings is 3. The zero-order chi connectivity index (χ0) is 102. The average Bonchev–Trinajstić information content (AvgIpc) is 1.71. The number of hydrogen-bond acceptors (Lipinski definition) is 22. The molecule has 684 valence electrons. The highest BCUT2D eigenvalue weighted by molar-refractivity contribution is 6.51. The fraction of sp³-hybridized carbons (Fsp3) is 0. The number of aromatic nitrogens is 3. The molecule has 142 heavy (non-hydrogen) atoms. The van der Waals surface area contributed by atoms with E-state index in [9.17, 15) is 25.8 Å². The van der Waals surface area contributed by atoms with Crippen LogP contribution in [0.1, 0.15) is 33.4 Å². The lowest BCUT2D eigenvalue weighted by atomic mass is 10.0. The van der Waals surface area contributed by atoms with Crippen molar-refractivity contribution in [1.29, 1.82) is 31.6 Å². The zero-order valence-corrected chi connectivity index (χ0v) is 76.3. The second kappa shape index (κ2) is 52.8. The smallest absolute Gasteiger partial charge is 0.285 e. The van der Waals surface area contributed by atoms with Gasteiger partial charge in [-0.1, -0.05) is 259 Å². The number of rotatable bonds is 15. The predicted octanol–water partition coefficient (Wildman–Crippen LogP) is 27.3. The van der Waals surface area contributed by atoms with Crippen LogP contribution < -0.4 is 27.4 Å². The molecule has 17 rings (SSSR count). The van der Waals surface area contributed by atoms with E-state index in [1.54, 1.807) is 206 Å². The molecule has 0 saturated carbocycles. The number of phenolic OH excluding ortho intramolecular Hbond substituents is 5. The topological polar surface area (TPSA) is 436 Å². The summed E-state index contributed by atoms with van der Waals surface area (Å²) in [5.41, 5.74) is 23.4. The molecule has 0 unspecified atom stereocenters. The van der Waals surface area contributed by atoms with Crippen molar-refractivity contribution >= 4 is 129 Å². The van der Waals surface area contributed by atoms with E-state index in [0.29, 0.717) is 85.2 Å². The van der Waals surface area contributed by atoms with Crippen LogP contribution in [0.25, 0.3) is 129 Å². The highest BCUT2D eigenvalue weighted by Crippen LogP contribution is 2.37. The van der Waals surface area contributed by atoms with E-state index in [-0.39, 0.29) is 89.4 Å². The molecule has 0 atom stereocenters. The number of nitrogens with two attached hydrogens (primary N) is 2. The molecule has 0 amide bonds. The lowest BCUT2D eigenvalue weighted by Gasteiger charge is -2.16. The van der Waals surface area contributed by atoms with Gasteiger partial charge in [0, 0.05) is 16.7 Å². The normalized spacial score (nSPS) is 11.0. The van der Waals surface area contributed by atoms with Crippen LogP contribution in [-0.4, -0.2) is 40.5 Å². The Balaban J connectivity index is 0.000000173. The van der Waals surface area contributed by atoms with Gasteiger partial charge in [0.1, 0.15) is 45.3 Å². The van der Waals surface area contributed by atoms with Crippen molar-refractivity contribution in [3.05, 3.63) is 494 Å². The first-order valence-corrected chi connectivity index (χ1v) is 42.6. The van der Waals surface area contributed by atoms with Gasteiger partial charge in [-0.3, -0.25) is 0 Å². The number of aromatic hydroxyl groups is 5. The van der Waals surface area contributed by atoms with Crippen LogP contribution in [0.3, 0.4) is 0 Å². The summed E-state index contributed by atoms with van der Waals surface area (Å²) in [5.74, 6) is 2.15. The van der Waals surface area contributed by atoms with Gasteiger partial charge in [0.2, 0.25) is 17.7 Å². The van der Waals surface area contributed by atoms with E-state index in [2.05, 4.69) is 60.0 Å². The van der Waals surface area contributed by atoms with Gasteiger partial charge < -0.3 is 66.2 Å². The van der Waals surface area contributed by atoms with Gasteiger partial charge >= 0.3 is 0 Å². The van der Waals surface area contributed by atoms with Crippen molar-refractivity contribution in [2.75, 3.05) is 27.4 Å². The molecule has 0 saturated heterocycles. The number of nitriles is 6. The maximum atomic E-state index is 10.1. The quantitative estimate of drug-likeness (QED) is 0.0197. The van der Waals surface area contributed by atoms with Crippen LogP contribution in [0.5, 0.6) is 28.7 Å². The van der Waals surface area contributed by atoms with Crippen molar-refractivity contribution < 1.29 is 38.8 Å². The average molecular weight is 1920 g/mol. The third kappa shape index (κ3) is 28.4. The first kappa shape index (κ1) is 103. The molecule has 0 bridgehead atoms. The van der Waals surface area contributed by atoms with Crippen molar-refractivity contribution in [2.24, 2.45) is 0 Å². The molecular weight excluding hydrogens is 1850 g/mol. The minimum absolute atomic E-state index is 0.0415. The number of allylic oxidation sites excluding steroid dienone is 6. The van der Waals surface area contributed by atoms with Gasteiger partial charge in [-0.15, -0.1) is 0 Å². The van der Waals surface area contributed by atoms with E-state index in [1.165, 1.54) is 18.2 Å². The van der Waals surface area contributed by atoms with Gasteiger partial charge in [0.25, 0.3) is 34.2 Å². The number of phenols is 5. The molecule has 0 fully saturated rings. The van der Waals surface area contributed by atoms with Crippen LogP contribution in [0.4, 0.5) is 28.4 Å². The molecule has 0 aliphatic heterocycles. The number of para-hydroxylation sites is 16. The summed E-state index contributed by atoms with van der Waals surface area (Å²) in [4.78, 5) is 32.3. The molecule has 12 N–H and O–H groups in total. The predicted molar refractivity (Wildman–Crippen MR) is 550 cm³/mol. The van der Waals surface area contributed by atoms with E-state index in [0.717, 1.165) is 50.0 Å². The number of nitrogens with one attached hydrogen (secondary N) is 3. The standard InChI is InChI=1S/C26H16N6O2.C20H12N2O2.C16H11N3O.C14H4Cl2N4.C13H9NO.C10H5ClN2.2C6H7NO/c1-29-21(15-27)25(31-19-7-3-5-9-23(19)33)17-11-13-18(14-12-17)26(22(16-28)30-2)32-20-8-4-6-10-24(20)34;1-3-7-17-15(5-1)21-19(23-17)13-9-11-14(12-10-13)20-22-16-6-2-4-8-18(16)24-20;1-18-14(11-17)16(12-7-3-2-4-8-12)19-13-9-5-6-10-15(13)20;1-19-11(7-17)13(15)9-3-5-10(6-4-9)14(16)12(8-18)20-2;1-2-6-10(7-3-1)13-14-11-8-4-5-9-12(11)15-13;1-13-9(7-12)10(11)8-5-3-2-4-6-8;2*7-5-3-1-2-4-6(5)8/h3-14,31-34H;1-12H;2-10,19-20H;3-6H;1-9H;2-6H;2*1-4,8H,7H2/b25-21-,26-22+;;16-14+;13-11-,14-12+;;10-9+;;. The molecule has 14 aromatic carbocycles. The van der Waals surface area contributed by atoms with Gasteiger partial charge in [0.05, 0.1) is 136 Å². The Bertz CT molecular complexity index is 7610. The Morgan fingerprint density at radius 3 is 0.711 bits per heavy atom. The minimum atomic E-state index is -0.210. The van der Waals surface area contributed by atoms with E-state index >= 15 is 0 Å². The van der Waals surface area contributed by atoms with Gasteiger partial charge in [0.15, 0.2) is 16.7 Å². The van der Waals surface area contributed by atoms with Crippen LogP contribution >= 0.6 is 34.8 Å². The summed E-state index contributed by atoms with van der Waals surface area (Å²) in [6.07, 6.45) is 0. The Labute approximate surface area is 829 Å². The summed E-state index contributed by atoms with van der Waals surface area (Å²) in [6.45, 7) is 42.1. The highest BCUT2D eigenvalue weighted by atomic mass is 35.5. The maximum absolute atomic E-state index is 10.1. The number of anilines is 5. The molecule has 0 aliphatic carbocycles. The van der Waals surface area contributed by atoms with Gasteiger partial charge in [-0.2, -0.15) is 0 Å². The summed E-state index contributed by atoms with van der Waals surface area (Å²) < 4.78 is 17.2. The molecule has 0 spiro atoms. The molecular formula is C111H71Cl3N20O8. The third-order valence-corrected chi connectivity index (χ3v) is 20.4. The molecule has 0 aliphatic rings. The summed E-state index contributed by atoms with van der Waals surface area (Å²) in [7, 11) is 0. The number of nitrogens with zero attached hydrogens (tertiary/aromatic N) is 15. The van der Waals surface area contributed by atoms with Crippen molar-refractivity contribution in [1.82, 2.24) is 15.0 Å². The number of benzene rings is 14. The van der Waals surface area contributed by atoms with Crippen LogP contribution in [-0.2, 0) is 0 Å². The Hall–Kier alpha value is -21.3. The molecule has 0 radical (unpaired) electrons. The number of hydrogen-bond donors (Lipinski definition) is 10. The lowest BCUT2D eigenvalue weighted by molar-refractivity contribution is 0.477. The van der Waals surface area contributed by atoms with Crippen molar-refractivity contribution in [2.45, 2.75) is 0 Å². The molecule has 3 aromatic heterocycles. The largest absolute Gasteiger partial charge is 0.506 e. The van der Waals surface area contributed by atoms with E-state index in [4.69, 9.17) is 130 Å². The Morgan fingerprint density at radius 1 is 0.254 bits per heavy atom. The van der Waals surface area contributed by atoms with E-state index in [1.807, 2.05) is 170 Å². The zero-order valence-electron chi connectivity index (χ0n) is 74.0.